The lowest BCUT2D eigenvalue weighted by Gasteiger charge is -2.44. The number of anilines is 1. The number of hydrogen-bond donors (Lipinski definition) is 3. The molecule has 188 valence electrons. The average Bonchev–Trinajstić information content (AvgIpc) is 3.36. The van der Waals surface area contributed by atoms with Crippen LogP contribution in [0.4, 0.5) is 19.3 Å². The Labute approximate surface area is 209 Å². The Hall–Kier alpha value is -3.57. The summed E-state index contributed by atoms with van der Waals surface area (Å²) in [6, 6.07) is 8.13. The number of benzene rings is 2. The summed E-state index contributed by atoms with van der Waals surface area (Å²) in [6.45, 7) is 1.87. The number of H-pyrrole nitrogens is 1. The highest BCUT2D eigenvalue weighted by Crippen LogP contribution is 2.45. The molecule has 2 atom stereocenters. The molecule has 5 rings (SSSR count). The molecule has 9 nitrogen and oxygen atoms in total. The first kappa shape index (κ1) is 24.1. The smallest absolute Gasteiger partial charge is 0.412 e. The number of halogens is 3. The Morgan fingerprint density at radius 3 is 2.75 bits per heavy atom. The highest BCUT2D eigenvalue weighted by Gasteiger charge is 2.49. The SMILES string of the molecule is CCC(O)(c1ccc(F)cc1)c1nc(C(=O)N2CCC[C@@]3(C2)OC(=O)Nc2ccc(Cl)c(F)c23)n[nH]1. The Balaban J connectivity index is 1.45. The number of aromatic amines is 1. The van der Waals surface area contributed by atoms with Crippen molar-refractivity contribution < 1.29 is 28.2 Å². The molecular formula is C24H22ClF2N5O4. The van der Waals surface area contributed by atoms with Gasteiger partial charge in [0.05, 0.1) is 22.8 Å². The van der Waals surface area contributed by atoms with Crippen LogP contribution in [0, 0.1) is 11.6 Å². The zero-order valence-corrected chi connectivity index (χ0v) is 19.9. The second-order valence-corrected chi connectivity index (χ2v) is 9.26. The predicted octanol–water partition coefficient (Wildman–Crippen LogP) is 4.08. The fraction of sp³-hybridized carbons (Fsp3) is 0.333. The summed E-state index contributed by atoms with van der Waals surface area (Å²) in [5.41, 5.74) is -2.37. The molecule has 2 aromatic carbocycles. The molecule has 1 spiro atoms. The van der Waals surface area contributed by atoms with Crippen molar-refractivity contribution in [1.82, 2.24) is 20.1 Å². The van der Waals surface area contributed by atoms with Gasteiger partial charge >= 0.3 is 6.09 Å². The second kappa shape index (κ2) is 8.82. The molecule has 36 heavy (non-hydrogen) atoms. The standard InChI is InChI=1S/C24H22ClF2N5O4/c1-2-24(35,13-4-6-14(26)7-5-13)21-29-19(30-31-21)20(33)32-11-3-10-23(12-32)17-16(28-22(34)36-23)9-8-15(25)18(17)27/h4-9,35H,2-3,10-12H2,1H3,(H,28,34)(H,29,30,31)/t23-,24?/m0/s1. The average molecular weight is 518 g/mol. The molecule has 3 aromatic rings. The van der Waals surface area contributed by atoms with E-state index >= 15 is 4.39 Å². The van der Waals surface area contributed by atoms with Crippen LogP contribution in [0.2, 0.25) is 5.02 Å². The molecule has 2 aliphatic heterocycles. The topological polar surface area (TPSA) is 120 Å². The highest BCUT2D eigenvalue weighted by molar-refractivity contribution is 6.31. The Kier molecular flexibility index (Phi) is 5.92. The molecule has 12 heteroatoms. The zero-order valence-electron chi connectivity index (χ0n) is 19.1. The lowest BCUT2D eigenvalue weighted by atomic mass is 9.83. The number of amides is 2. The van der Waals surface area contributed by atoms with Crippen LogP contribution in [0.25, 0.3) is 0 Å². The Bertz CT molecular complexity index is 1350. The molecule has 0 bridgehead atoms. The summed E-state index contributed by atoms with van der Waals surface area (Å²) in [6.07, 6.45) is 0.115. The van der Waals surface area contributed by atoms with E-state index in [9.17, 15) is 19.1 Å². The number of aromatic nitrogens is 3. The van der Waals surface area contributed by atoms with Gasteiger partial charge in [0.1, 0.15) is 11.4 Å². The molecule has 2 aliphatic rings. The first-order valence-corrected chi connectivity index (χ1v) is 11.7. The number of aliphatic hydroxyl groups is 1. The van der Waals surface area contributed by atoms with Crippen molar-refractivity contribution in [2.24, 2.45) is 0 Å². The fourth-order valence-corrected chi connectivity index (χ4v) is 5.02. The van der Waals surface area contributed by atoms with Crippen LogP contribution >= 0.6 is 11.6 Å². The van der Waals surface area contributed by atoms with Crippen LogP contribution in [0.5, 0.6) is 0 Å². The molecule has 3 heterocycles. The van der Waals surface area contributed by atoms with Crippen LogP contribution in [-0.4, -0.2) is 50.3 Å². The molecule has 0 aliphatic carbocycles. The van der Waals surface area contributed by atoms with Crippen molar-refractivity contribution in [2.45, 2.75) is 37.4 Å². The summed E-state index contributed by atoms with van der Waals surface area (Å²) in [4.78, 5) is 31.2. The number of nitrogens with one attached hydrogen (secondary N) is 2. The Morgan fingerprint density at radius 2 is 2.03 bits per heavy atom. The maximum Gasteiger partial charge on any atom is 0.412 e. The van der Waals surface area contributed by atoms with Gasteiger partial charge in [0, 0.05) is 6.54 Å². The number of ether oxygens (including phenoxy) is 1. The molecular weight excluding hydrogens is 496 g/mol. The number of piperidine rings is 1. The number of fused-ring (bicyclic) bond motifs is 2. The van der Waals surface area contributed by atoms with Crippen LogP contribution < -0.4 is 5.32 Å². The summed E-state index contributed by atoms with van der Waals surface area (Å²) in [5, 5.41) is 20.2. The van der Waals surface area contributed by atoms with E-state index in [0.717, 1.165) is 0 Å². The van der Waals surface area contributed by atoms with Crippen LogP contribution in [0.15, 0.2) is 36.4 Å². The minimum atomic E-state index is -1.63. The van der Waals surface area contributed by atoms with Crippen LogP contribution in [-0.2, 0) is 15.9 Å². The van der Waals surface area contributed by atoms with Crippen molar-refractivity contribution in [3.05, 3.63) is 75.8 Å². The summed E-state index contributed by atoms with van der Waals surface area (Å²) >= 11 is 6.01. The third-order valence-corrected chi connectivity index (χ3v) is 7.01. The quantitative estimate of drug-likeness (QED) is 0.479. The number of nitrogens with zero attached hydrogens (tertiary/aromatic N) is 3. The molecule has 1 unspecified atom stereocenters. The number of carbonyl (C=O) groups is 2. The lowest BCUT2D eigenvalue weighted by molar-refractivity contribution is -0.0421. The van der Waals surface area contributed by atoms with E-state index in [-0.39, 0.29) is 47.3 Å². The minimum Gasteiger partial charge on any atom is -0.436 e. The third kappa shape index (κ3) is 3.88. The highest BCUT2D eigenvalue weighted by atomic mass is 35.5. The number of carbonyl (C=O) groups excluding carboxylic acids is 2. The van der Waals surface area contributed by atoms with E-state index in [0.29, 0.717) is 18.5 Å². The molecule has 1 aromatic heterocycles. The number of rotatable bonds is 4. The third-order valence-electron chi connectivity index (χ3n) is 6.72. The summed E-state index contributed by atoms with van der Waals surface area (Å²) < 4.78 is 34.1. The van der Waals surface area contributed by atoms with Gasteiger partial charge in [0.2, 0.25) is 5.82 Å². The Morgan fingerprint density at radius 1 is 1.28 bits per heavy atom. The maximum atomic E-state index is 15.1. The van der Waals surface area contributed by atoms with E-state index in [1.807, 2.05) is 0 Å². The molecule has 1 fully saturated rings. The molecule has 2 amide bonds. The largest absolute Gasteiger partial charge is 0.436 e. The second-order valence-electron chi connectivity index (χ2n) is 8.85. The van der Waals surface area contributed by atoms with Gasteiger partial charge in [-0.3, -0.25) is 15.2 Å². The van der Waals surface area contributed by atoms with E-state index in [2.05, 4.69) is 20.5 Å². The number of likely N-dealkylation sites (tertiary alicyclic amines) is 1. The first-order chi connectivity index (χ1) is 17.2. The minimum absolute atomic E-state index is 0.0168. The van der Waals surface area contributed by atoms with Gasteiger partial charge in [-0.25, -0.2) is 18.6 Å². The van der Waals surface area contributed by atoms with Gasteiger partial charge in [0.15, 0.2) is 17.2 Å². The normalized spacial score (nSPS) is 20.9. The van der Waals surface area contributed by atoms with Crippen molar-refractivity contribution in [3.8, 4) is 0 Å². The first-order valence-electron chi connectivity index (χ1n) is 11.4. The monoisotopic (exact) mass is 517 g/mol. The van der Waals surface area contributed by atoms with Gasteiger partial charge in [-0.1, -0.05) is 30.7 Å². The van der Waals surface area contributed by atoms with E-state index < -0.39 is 34.8 Å². The van der Waals surface area contributed by atoms with Gasteiger partial charge in [-0.05, 0) is 49.1 Å². The molecule has 0 saturated carbocycles. The van der Waals surface area contributed by atoms with Crippen molar-refractivity contribution >= 4 is 29.3 Å². The van der Waals surface area contributed by atoms with Crippen molar-refractivity contribution in [3.63, 3.8) is 0 Å². The summed E-state index contributed by atoms with van der Waals surface area (Å²) in [7, 11) is 0. The van der Waals surface area contributed by atoms with Crippen LogP contribution in [0.3, 0.4) is 0 Å². The fourth-order valence-electron chi connectivity index (χ4n) is 4.86. The van der Waals surface area contributed by atoms with Crippen LogP contribution in [0.1, 0.15) is 53.8 Å². The molecule has 3 N–H and O–H groups in total. The van der Waals surface area contributed by atoms with Gasteiger partial charge in [-0.2, -0.15) is 0 Å². The maximum absolute atomic E-state index is 15.1. The van der Waals surface area contributed by atoms with Crippen molar-refractivity contribution in [1.29, 1.82) is 0 Å². The van der Waals surface area contributed by atoms with Gasteiger partial charge in [0.25, 0.3) is 5.91 Å². The zero-order chi connectivity index (χ0) is 25.7. The van der Waals surface area contributed by atoms with E-state index in [1.165, 1.54) is 41.3 Å². The van der Waals surface area contributed by atoms with E-state index in [4.69, 9.17) is 16.3 Å². The van der Waals surface area contributed by atoms with E-state index in [1.54, 1.807) is 6.92 Å². The van der Waals surface area contributed by atoms with Gasteiger partial charge in [-0.15, -0.1) is 5.10 Å². The predicted molar refractivity (Wildman–Crippen MR) is 124 cm³/mol. The molecule has 0 radical (unpaired) electrons. The molecule has 1 saturated heterocycles. The number of hydrogen-bond acceptors (Lipinski definition) is 6. The van der Waals surface area contributed by atoms with Crippen molar-refractivity contribution in [2.75, 3.05) is 18.4 Å². The lowest BCUT2D eigenvalue weighted by Crippen LogP contribution is -2.53. The summed E-state index contributed by atoms with van der Waals surface area (Å²) in [5.74, 6) is -1.97. The van der Waals surface area contributed by atoms with Gasteiger partial charge < -0.3 is 14.7 Å².